The first-order valence-corrected chi connectivity index (χ1v) is 10.4. The minimum Gasteiger partial charge on any atom is -0.424 e. The first kappa shape index (κ1) is 19.6. The summed E-state index contributed by atoms with van der Waals surface area (Å²) >= 11 is 0. The third-order valence-corrected chi connectivity index (χ3v) is 5.45. The van der Waals surface area contributed by atoms with E-state index in [1.165, 1.54) is 12.1 Å². The summed E-state index contributed by atoms with van der Waals surface area (Å²) < 4.78 is 24.8. The van der Waals surface area contributed by atoms with Crippen LogP contribution in [-0.2, 0) is 13.0 Å². The van der Waals surface area contributed by atoms with Gasteiger partial charge in [-0.25, -0.2) is 4.39 Å². The Hall–Kier alpha value is -3.39. The van der Waals surface area contributed by atoms with Crippen LogP contribution in [0.3, 0.4) is 0 Å². The fraction of sp³-hybridized carbons (Fsp3) is 0.304. The van der Waals surface area contributed by atoms with Gasteiger partial charge in [-0.05, 0) is 37.1 Å². The molecule has 1 atom stereocenters. The predicted octanol–water partition coefficient (Wildman–Crippen LogP) is 4.23. The summed E-state index contributed by atoms with van der Waals surface area (Å²) in [4.78, 5) is 6.78. The van der Waals surface area contributed by atoms with Gasteiger partial charge in [-0.2, -0.15) is 4.98 Å². The molecule has 5 rings (SSSR count). The predicted molar refractivity (Wildman–Crippen MR) is 110 cm³/mol. The zero-order chi connectivity index (χ0) is 21.0. The maximum Gasteiger partial charge on any atom is 0.231 e. The van der Waals surface area contributed by atoms with E-state index >= 15 is 0 Å². The van der Waals surface area contributed by atoms with Gasteiger partial charge in [0, 0.05) is 12.1 Å². The van der Waals surface area contributed by atoms with Crippen LogP contribution in [0.1, 0.15) is 42.0 Å². The number of piperidine rings is 1. The van der Waals surface area contributed by atoms with Crippen molar-refractivity contribution in [2.75, 3.05) is 13.1 Å². The minimum atomic E-state index is -0.320. The molecule has 158 valence electrons. The summed E-state index contributed by atoms with van der Waals surface area (Å²) in [5, 5.41) is 12.4. The average molecular weight is 419 g/mol. The van der Waals surface area contributed by atoms with Gasteiger partial charge in [-0.15, -0.1) is 10.2 Å². The van der Waals surface area contributed by atoms with Gasteiger partial charge in [0.15, 0.2) is 0 Å². The molecule has 0 radical (unpaired) electrons. The molecule has 3 heterocycles. The Morgan fingerprint density at radius 3 is 2.77 bits per heavy atom. The van der Waals surface area contributed by atoms with Crippen molar-refractivity contribution in [2.45, 2.75) is 31.7 Å². The quantitative estimate of drug-likeness (QED) is 0.463. The molecule has 8 heteroatoms. The van der Waals surface area contributed by atoms with E-state index < -0.39 is 0 Å². The molecule has 1 fully saturated rings. The Morgan fingerprint density at radius 2 is 1.90 bits per heavy atom. The number of likely N-dealkylation sites (tertiary alicyclic amines) is 1. The summed E-state index contributed by atoms with van der Waals surface area (Å²) in [7, 11) is 0. The third-order valence-electron chi connectivity index (χ3n) is 5.45. The van der Waals surface area contributed by atoms with Crippen molar-refractivity contribution >= 4 is 0 Å². The number of hydrogen-bond acceptors (Lipinski definition) is 7. The number of hydrogen-bond donors (Lipinski definition) is 0. The molecule has 0 N–H and O–H groups in total. The van der Waals surface area contributed by atoms with Crippen LogP contribution >= 0.6 is 0 Å². The smallest absolute Gasteiger partial charge is 0.231 e. The molecule has 1 unspecified atom stereocenters. The molecule has 1 aliphatic heterocycles. The topological polar surface area (TPSA) is 81.1 Å². The number of rotatable bonds is 6. The fourth-order valence-corrected chi connectivity index (χ4v) is 3.93. The molecule has 0 saturated carbocycles. The zero-order valence-corrected chi connectivity index (χ0v) is 16.9. The Balaban J connectivity index is 1.22. The van der Waals surface area contributed by atoms with Crippen LogP contribution < -0.4 is 0 Å². The van der Waals surface area contributed by atoms with Crippen LogP contribution in [0.25, 0.3) is 11.4 Å². The largest absolute Gasteiger partial charge is 0.424 e. The second-order valence-corrected chi connectivity index (χ2v) is 7.79. The number of benzene rings is 2. The lowest BCUT2D eigenvalue weighted by Gasteiger charge is -2.29. The van der Waals surface area contributed by atoms with Crippen molar-refractivity contribution in [1.29, 1.82) is 0 Å². The first-order valence-electron chi connectivity index (χ1n) is 10.4. The van der Waals surface area contributed by atoms with Gasteiger partial charge < -0.3 is 8.94 Å². The molecule has 0 aliphatic carbocycles. The highest BCUT2D eigenvalue weighted by Gasteiger charge is 2.27. The molecule has 0 bridgehead atoms. The molecule has 1 aliphatic rings. The van der Waals surface area contributed by atoms with Crippen LogP contribution in [0.4, 0.5) is 4.39 Å². The van der Waals surface area contributed by atoms with Crippen molar-refractivity contribution < 1.29 is 13.3 Å². The van der Waals surface area contributed by atoms with Crippen molar-refractivity contribution in [1.82, 2.24) is 25.2 Å². The lowest BCUT2D eigenvalue weighted by atomic mass is 9.98. The van der Waals surface area contributed by atoms with E-state index in [2.05, 4.69) is 25.2 Å². The molecule has 0 amide bonds. The highest BCUT2D eigenvalue weighted by molar-refractivity contribution is 5.53. The van der Waals surface area contributed by atoms with Gasteiger partial charge in [-0.1, -0.05) is 47.6 Å². The average Bonchev–Trinajstić information content (AvgIpc) is 3.45. The van der Waals surface area contributed by atoms with Crippen molar-refractivity contribution in [3.05, 3.63) is 83.7 Å². The summed E-state index contributed by atoms with van der Waals surface area (Å²) in [6.07, 6.45) is 2.60. The fourth-order valence-electron chi connectivity index (χ4n) is 3.93. The Bertz CT molecular complexity index is 1140. The molecule has 0 spiro atoms. The van der Waals surface area contributed by atoms with E-state index in [0.29, 0.717) is 42.0 Å². The monoisotopic (exact) mass is 419 g/mol. The molecular weight excluding hydrogens is 397 g/mol. The van der Waals surface area contributed by atoms with E-state index in [9.17, 15) is 4.39 Å². The standard InChI is InChI=1S/C23H22FN5O2/c24-19-10-4-8-17(13-19)22-25-23(31-28-22)18-9-5-11-29(14-18)15-21-27-26-20(30-21)12-16-6-2-1-3-7-16/h1-4,6-8,10,13,18H,5,9,11-12,14-15H2. The highest BCUT2D eigenvalue weighted by atomic mass is 19.1. The van der Waals surface area contributed by atoms with Gasteiger partial charge >= 0.3 is 0 Å². The van der Waals surface area contributed by atoms with E-state index in [1.807, 2.05) is 30.3 Å². The molecular formula is C23H22FN5O2. The number of halogens is 1. The van der Waals surface area contributed by atoms with Crippen LogP contribution in [0, 0.1) is 5.82 Å². The lowest BCUT2D eigenvalue weighted by molar-refractivity contribution is 0.166. The van der Waals surface area contributed by atoms with Crippen molar-refractivity contribution in [3.63, 3.8) is 0 Å². The van der Waals surface area contributed by atoms with Gasteiger partial charge in [0.25, 0.3) is 0 Å². The Kier molecular flexibility index (Phi) is 5.54. The van der Waals surface area contributed by atoms with E-state index in [-0.39, 0.29) is 11.7 Å². The van der Waals surface area contributed by atoms with E-state index in [1.54, 1.807) is 12.1 Å². The first-order chi connectivity index (χ1) is 15.2. The summed E-state index contributed by atoms with van der Waals surface area (Å²) in [6, 6.07) is 16.3. The number of aromatic nitrogens is 4. The van der Waals surface area contributed by atoms with E-state index in [4.69, 9.17) is 8.94 Å². The van der Waals surface area contributed by atoms with Gasteiger partial charge in [0.1, 0.15) is 5.82 Å². The molecule has 2 aromatic heterocycles. The second kappa shape index (κ2) is 8.77. The van der Waals surface area contributed by atoms with E-state index in [0.717, 1.165) is 31.5 Å². The van der Waals surface area contributed by atoms with Crippen LogP contribution in [0.15, 0.2) is 63.5 Å². The Labute approximate surface area is 178 Å². The molecule has 7 nitrogen and oxygen atoms in total. The number of nitrogens with zero attached hydrogens (tertiary/aromatic N) is 5. The maximum absolute atomic E-state index is 13.5. The highest BCUT2D eigenvalue weighted by Crippen LogP contribution is 2.28. The molecule has 2 aromatic carbocycles. The molecule has 31 heavy (non-hydrogen) atoms. The van der Waals surface area contributed by atoms with Gasteiger partial charge in [0.05, 0.1) is 18.9 Å². The van der Waals surface area contributed by atoms with Gasteiger partial charge in [0.2, 0.25) is 23.5 Å². The minimum absolute atomic E-state index is 0.121. The Morgan fingerprint density at radius 1 is 1.03 bits per heavy atom. The van der Waals surface area contributed by atoms with Crippen LogP contribution in [0.2, 0.25) is 0 Å². The van der Waals surface area contributed by atoms with Crippen molar-refractivity contribution in [3.8, 4) is 11.4 Å². The third kappa shape index (κ3) is 4.69. The zero-order valence-electron chi connectivity index (χ0n) is 16.9. The maximum atomic E-state index is 13.5. The van der Waals surface area contributed by atoms with Crippen LogP contribution in [-0.4, -0.2) is 38.3 Å². The molecule has 4 aromatic rings. The van der Waals surface area contributed by atoms with Crippen molar-refractivity contribution in [2.24, 2.45) is 0 Å². The summed E-state index contributed by atoms with van der Waals surface area (Å²) in [6.45, 7) is 2.29. The second-order valence-electron chi connectivity index (χ2n) is 7.79. The summed E-state index contributed by atoms with van der Waals surface area (Å²) in [5.41, 5.74) is 1.75. The lowest BCUT2D eigenvalue weighted by Crippen LogP contribution is -2.34. The molecule has 1 saturated heterocycles. The van der Waals surface area contributed by atoms with Crippen LogP contribution in [0.5, 0.6) is 0 Å². The SMILES string of the molecule is Fc1cccc(-c2noc(C3CCCN(Cc4nnc(Cc5ccccc5)o4)C3)n2)c1. The van der Waals surface area contributed by atoms with Gasteiger partial charge in [-0.3, -0.25) is 4.90 Å². The summed E-state index contributed by atoms with van der Waals surface area (Å²) in [5.74, 6) is 2.02. The normalized spacial score (nSPS) is 17.1.